The molecule has 0 fully saturated rings. The second-order valence-electron chi connectivity index (χ2n) is 6.53. The van der Waals surface area contributed by atoms with Gasteiger partial charge < -0.3 is 9.47 Å². The van der Waals surface area contributed by atoms with E-state index in [0.29, 0.717) is 12.4 Å². The van der Waals surface area contributed by atoms with Crippen molar-refractivity contribution in [1.82, 2.24) is 0 Å². The zero-order valence-electron chi connectivity index (χ0n) is 15.4. The number of carbonyl (C=O) groups is 2. The number of benzene rings is 1. The molecule has 0 spiro atoms. The van der Waals surface area contributed by atoms with Crippen LogP contribution in [0.5, 0.6) is 5.75 Å². The van der Waals surface area contributed by atoms with Crippen LogP contribution in [-0.4, -0.2) is 18.5 Å². The SMILES string of the molecule is CCCCCCCOC(=O)C(C)(C)C(=O)Oc1ccccc1CC. The predicted octanol–water partition coefficient (Wildman–Crippen LogP) is 4.69. The van der Waals surface area contributed by atoms with E-state index in [2.05, 4.69) is 6.92 Å². The fraction of sp³-hybridized carbons (Fsp3) is 0.600. The van der Waals surface area contributed by atoms with E-state index in [-0.39, 0.29) is 0 Å². The zero-order chi connectivity index (χ0) is 18.0. The van der Waals surface area contributed by atoms with Crippen LogP contribution in [0.2, 0.25) is 0 Å². The molecule has 1 aromatic rings. The Kier molecular flexibility index (Phi) is 8.51. The van der Waals surface area contributed by atoms with Crippen LogP contribution < -0.4 is 4.74 Å². The van der Waals surface area contributed by atoms with Gasteiger partial charge in [0.1, 0.15) is 5.75 Å². The number of hydrogen-bond donors (Lipinski definition) is 0. The molecule has 0 bridgehead atoms. The highest BCUT2D eigenvalue weighted by Gasteiger charge is 2.40. The molecule has 0 heterocycles. The quantitative estimate of drug-likeness (QED) is 0.269. The van der Waals surface area contributed by atoms with Crippen molar-refractivity contribution in [2.75, 3.05) is 6.61 Å². The number of carbonyl (C=O) groups excluding carboxylic acids is 2. The fourth-order valence-corrected chi connectivity index (χ4v) is 2.26. The summed E-state index contributed by atoms with van der Waals surface area (Å²) in [6.45, 7) is 7.59. The number of para-hydroxylation sites is 1. The third-order valence-corrected chi connectivity index (χ3v) is 4.06. The van der Waals surface area contributed by atoms with E-state index in [1.165, 1.54) is 12.8 Å². The van der Waals surface area contributed by atoms with Gasteiger partial charge in [-0.1, -0.05) is 57.7 Å². The van der Waals surface area contributed by atoms with Crippen molar-refractivity contribution in [3.63, 3.8) is 0 Å². The number of ether oxygens (including phenoxy) is 2. The molecule has 0 saturated carbocycles. The summed E-state index contributed by atoms with van der Waals surface area (Å²) in [7, 11) is 0. The summed E-state index contributed by atoms with van der Waals surface area (Å²) in [5.41, 5.74) is -0.379. The highest BCUT2D eigenvalue weighted by molar-refractivity contribution is 6.00. The van der Waals surface area contributed by atoms with Crippen LogP contribution in [0, 0.1) is 5.41 Å². The second-order valence-corrected chi connectivity index (χ2v) is 6.53. The molecule has 0 aliphatic carbocycles. The summed E-state index contributed by atoms with van der Waals surface area (Å²) < 4.78 is 10.7. The summed E-state index contributed by atoms with van der Waals surface area (Å²) >= 11 is 0. The molecule has 24 heavy (non-hydrogen) atoms. The molecule has 0 unspecified atom stereocenters. The minimum atomic E-state index is -1.32. The van der Waals surface area contributed by atoms with Gasteiger partial charge in [0, 0.05) is 0 Å². The van der Waals surface area contributed by atoms with Crippen molar-refractivity contribution in [2.45, 2.75) is 66.2 Å². The van der Waals surface area contributed by atoms with Crippen molar-refractivity contribution in [3.8, 4) is 5.75 Å². The molecule has 0 atom stereocenters. The number of hydrogen-bond acceptors (Lipinski definition) is 4. The average molecular weight is 334 g/mol. The van der Waals surface area contributed by atoms with Crippen molar-refractivity contribution < 1.29 is 19.1 Å². The van der Waals surface area contributed by atoms with E-state index in [1.807, 2.05) is 25.1 Å². The smallest absolute Gasteiger partial charge is 0.328 e. The van der Waals surface area contributed by atoms with Gasteiger partial charge in [0.25, 0.3) is 0 Å². The Morgan fingerprint density at radius 3 is 2.29 bits per heavy atom. The van der Waals surface area contributed by atoms with Crippen LogP contribution in [0.15, 0.2) is 24.3 Å². The monoisotopic (exact) mass is 334 g/mol. The van der Waals surface area contributed by atoms with E-state index in [4.69, 9.17) is 9.47 Å². The lowest BCUT2D eigenvalue weighted by Gasteiger charge is -2.21. The van der Waals surface area contributed by atoms with Crippen LogP contribution in [0.25, 0.3) is 0 Å². The standard InChI is InChI=1S/C20H30O4/c1-5-7-8-9-12-15-23-18(21)20(3,4)19(22)24-17-14-11-10-13-16(17)6-2/h10-11,13-14H,5-9,12,15H2,1-4H3. The van der Waals surface area contributed by atoms with Crippen LogP contribution in [0.1, 0.15) is 65.4 Å². The largest absolute Gasteiger partial charge is 0.465 e. The van der Waals surface area contributed by atoms with Crippen molar-refractivity contribution >= 4 is 11.9 Å². The topological polar surface area (TPSA) is 52.6 Å². The van der Waals surface area contributed by atoms with E-state index in [9.17, 15) is 9.59 Å². The lowest BCUT2D eigenvalue weighted by Crippen LogP contribution is -2.38. The molecule has 4 heteroatoms. The van der Waals surface area contributed by atoms with Crippen molar-refractivity contribution in [1.29, 1.82) is 0 Å². The highest BCUT2D eigenvalue weighted by Crippen LogP contribution is 2.25. The molecule has 0 amide bonds. The molecule has 4 nitrogen and oxygen atoms in total. The first-order valence-electron chi connectivity index (χ1n) is 8.90. The maximum atomic E-state index is 12.4. The van der Waals surface area contributed by atoms with Crippen LogP contribution in [0.4, 0.5) is 0 Å². The number of unbranched alkanes of at least 4 members (excludes halogenated alkanes) is 4. The van der Waals surface area contributed by atoms with Gasteiger partial charge >= 0.3 is 11.9 Å². The highest BCUT2D eigenvalue weighted by atomic mass is 16.6. The fourth-order valence-electron chi connectivity index (χ4n) is 2.26. The number of aryl methyl sites for hydroxylation is 1. The Balaban J connectivity index is 2.53. The van der Waals surface area contributed by atoms with Gasteiger partial charge in [-0.05, 0) is 38.3 Å². The number of esters is 2. The molecular weight excluding hydrogens is 304 g/mol. The third kappa shape index (κ3) is 5.99. The predicted molar refractivity (Wildman–Crippen MR) is 95.0 cm³/mol. The molecule has 0 aromatic heterocycles. The van der Waals surface area contributed by atoms with Crippen LogP contribution >= 0.6 is 0 Å². The number of rotatable bonds is 10. The summed E-state index contributed by atoms with van der Waals surface area (Å²) in [5.74, 6) is -0.609. The lowest BCUT2D eigenvalue weighted by atomic mass is 9.94. The lowest BCUT2D eigenvalue weighted by molar-refractivity contribution is -0.164. The Bertz CT molecular complexity index is 534. The van der Waals surface area contributed by atoms with E-state index < -0.39 is 17.4 Å². The summed E-state index contributed by atoms with van der Waals surface area (Å²) in [6.07, 6.45) is 6.14. The Hall–Kier alpha value is -1.84. The van der Waals surface area contributed by atoms with Gasteiger partial charge in [-0.15, -0.1) is 0 Å². The van der Waals surface area contributed by atoms with Gasteiger partial charge in [0.05, 0.1) is 6.61 Å². The first-order chi connectivity index (χ1) is 11.4. The molecule has 1 aromatic carbocycles. The minimum absolute atomic E-state index is 0.352. The van der Waals surface area contributed by atoms with Gasteiger partial charge in [-0.2, -0.15) is 0 Å². The molecule has 134 valence electrons. The average Bonchev–Trinajstić information content (AvgIpc) is 2.58. The maximum absolute atomic E-state index is 12.4. The van der Waals surface area contributed by atoms with Crippen LogP contribution in [-0.2, 0) is 20.7 Å². The first kappa shape index (κ1) is 20.2. The van der Waals surface area contributed by atoms with Gasteiger partial charge in [0.15, 0.2) is 5.41 Å². The van der Waals surface area contributed by atoms with Gasteiger partial charge in [-0.3, -0.25) is 9.59 Å². The minimum Gasteiger partial charge on any atom is -0.465 e. The Morgan fingerprint density at radius 1 is 0.958 bits per heavy atom. The van der Waals surface area contributed by atoms with E-state index >= 15 is 0 Å². The Morgan fingerprint density at radius 2 is 1.62 bits per heavy atom. The summed E-state index contributed by atoms with van der Waals surface area (Å²) in [5, 5.41) is 0. The van der Waals surface area contributed by atoms with Gasteiger partial charge in [-0.25, -0.2) is 0 Å². The molecule has 0 N–H and O–H groups in total. The van der Waals surface area contributed by atoms with Crippen molar-refractivity contribution in [2.24, 2.45) is 5.41 Å². The summed E-state index contributed by atoms with van der Waals surface area (Å²) in [6, 6.07) is 7.35. The molecule has 1 rings (SSSR count). The maximum Gasteiger partial charge on any atom is 0.328 e. The van der Waals surface area contributed by atoms with Gasteiger partial charge in [0.2, 0.25) is 0 Å². The third-order valence-electron chi connectivity index (χ3n) is 4.06. The molecule has 0 saturated heterocycles. The zero-order valence-corrected chi connectivity index (χ0v) is 15.4. The second kappa shape index (κ2) is 10.1. The first-order valence-corrected chi connectivity index (χ1v) is 8.90. The van der Waals surface area contributed by atoms with E-state index in [1.54, 1.807) is 19.9 Å². The summed E-state index contributed by atoms with van der Waals surface area (Å²) in [4.78, 5) is 24.6. The Labute approximate surface area is 145 Å². The molecule has 0 radical (unpaired) electrons. The normalized spacial score (nSPS) is 11.2. The van der Waals surface area contributed by atoms with Crippen molar-refractivity contribution in [3.05, 3.63) is 29.8 Å². The van der Waals surface area contributed by atoms with E-state index in [0.717, 1.165) is 31.2 Å². The van der Waals surface area contributed by atoms with Crippen LogP contribution in [0.3, 0.4) is 0 Å². The molecule has 0 aliphatic rings. The molecule has 0 aliphatic heterocycles. The molecular formula is C20H30O4.